The summed E-state index contributed by atoms with van der Waals surface area (Å²) in [7, 11) is 3.13. The van der Waals surface area contributed by atoms with Crippen LogP contribution in [0.1, 0.15) is 34.9 Å². The van der Waals surface area contributed by atoms with Crippen LogP contribution in [-0.2, 0) is 24.7 Å². The van der Waals surface area contributed by atoms with E-state index in [2.05, 4.69) is 10.3 Å². The molecule has 1 saturated heterocycles. The summed E-state index contributed by atoms with van der Waals surface area (Å²) in [4.78, 5) is 50.7. The van der Waals surface area contributed by atoms with Gasteiger partial charge < -0.3 is 34.7 Å². The molecule has 3 unspecified atom stereocenters. The molecule has 0 saturated carbocycles. The Morgan fingerprint density at radius 2 is 1.47 bits per heavy atom. The Bertz CT molecular complexity index is 1970. The lowest BCUT2D eigenvalue weighted by Crippen LogP contribution is -2.40. The molecule has 1 aliphatic rings. The number of halogens is 3. The number of hydrogen-bond donors (Lipinski definition) is 4. The van der Waals surface area contributed by atoms with Gasteiger partial charge in [0.25, 0.3) is 5.56 Å². The minimum Gasteiger partial charge on any atom is -0.497 e. The van der Waals surface area contributed by atoms with Crippen molar-refractivity contribution in [3.63, 3.8) is 0 Å². The van der Waals surface area contributed by atoms with E-state index in [1.807, 2.05) is 78.9 Å². The van der Waals surface area contributed by atoms with Crippen molar-refractivity contribution >= 4 is 17.9 Å². The highest BCUT2D eigenvalue weighted by atomic mass is 19.4. The third-order valence-electron chi connectivity index (χ3n) is 8.53. The Kier molecular flexibility index (Phi) is 12.2. The second-order valence-corrected chi connectivity index (χ2v) is 11.9. The van der Waals surface area contributed by atoms with Gasteiger partial charge in [-0.25, -0.2) is 4.79 Å². The molecule has 0 bridgehead atoms. The number of rotatable bonds is 14. The highest BCUT2D eigenvalue weighted by Gasteiger charge is 2.42. The van der Waals surface area contributed by atoms with E-state index in [4.69, 9.17) is 18.9 Å². The minimum atomic E-state index is -5.05. The molecule has 13 nitrogen and oxygen atoms in total. The Hall–Kier alpha value is -5.71. The van der Waals surface area contributed by atoms with Crippen LogP contribution in [0.4, 0.5) is 13.2 Å². The number of aromatic nitrogens is 2. The summed E-state index contributed by atoms with van der Waals surface area (Å²) in [6.45, 7) is -0.943. The van der Waals surface area contributed by atoms with E-state index in [-0.39, 0.29) is 25.1 Å². The van der Waals surface area contributed by atoms with Gasteiger partial charge in [-0.15, -0.1) is 0 Å². The molecule has 280 valence electrons. The average molecular weight is 739 g/mol. The van der Waals surface area contributed by atoms with Crippen LogP contribution < -0.4 is 31.4 Å². The number of aromatic amines is 1. The monoisotopic (exact) mass is 738 g/mol. The third-order valence-corrected chi connectivity index (χ3v) is 8.53. The van der Waals surface area contributed by atoms with Gasteiger partial charge in [0, 0.05) is 31.8 Å². The second kappa shape index (κ2) is 16.8. The molecule has 16 heteroatoms. The van der Waals surface area contributed by atoms with Gasteiger partial charge in [-0.2, -0.15) is 13.2 Å². The fourth-order valence-corrected chi connectivity index (χ4v) is 5.84. The zero-order valence-corrected chi connectivity index (χ0v) is 28.6. The van der Waals surface area contributed by atoms with Crippen LogP contribution in [-0.4, -0.2) is 78.8 Å². The fourth-order valence-electron chi connectivity index (χ4n) is 5.84. The minimum absolute atomic E-state index is 0.0450. The van der Waals surface area contributed by atoms with Crippen LogP contribution in [0.25, 0.3) is 6.08 Å². The summed E-state index contributed by atoms with van der Waals surface area (Å²) in [5, 5.41) is 15.0. The lowest BCUT2D eigenvalue weighted by atomic mass is 9.80. The van der Waals surface area contributed by atoms with Crippen LogP contribution in [0.2, 0.25) is 0 Å². The normalized spacial score (nSPS) is 17.4. The molecule has 5 rings (SSSR count). The quantitative estimate of drug-likeness (QED) is 0.0863. The number of nitrogens with one attached hydrogen (secondary N) is 3. The molecule has 0 aliphatic carbocycles. The van der Waals surface area contributed by atoms with E-state index >= 15 is 0 Å². The van der Waals surface area contributed by atoms with Gasteiger partial charge in [0.15, 0.2) is 0 Å². The van der Waals surface area contributed by atoms with Crippen LogP contribution >= 0.6 is 0 Å². The number of H-pyrrole nitrogens is 1. The number of alkyl halides is 3. The first-order chi connectivity index (χ1) is 25.3. The van der Waals surface area contributed by atoms with E-state index < -0.39 is 59.8 Å². The number of carbonyl (C=O) groups is 2. The predicted molar refractivity (Wildman–Crippen MR) is 185 cm³/mol. The Morgan fingerprint density at radius 3 is 2.04 bits per heavy atom. The van der Waals surface area contributed by atoms with E-state index in [9.17, 15) is 37.5 Å². The molecular formula is C37H37F3N4O9. The number of benzene rings is 3. The standard InChI is InChI=1S/C37H37F3N4O9/c1-50-27-13-9-25(10-14-27)36(24-6-4-3-5-7-24,26-11-15-28(51-2)16-12-26)52-22-30-29(45)20-32(53-30)44-21-23(33(47)43-35(44)49)8-17-31(46)41-18-19-42-34(48)37(38,39)40/h3-17,21,29-30,32,45H,18-20,22H2,1-2H3,(H,41,46)(H,42,48)(H,43,47,49)/b17-8+. The Morgan fingerprint density at radius 1 is 0.906 bits per heavy atom. The molecule has 3 aromatic carbocycles. The zero-order valence-electron chi connectivity index (χ0n) is 28.6. The third kappa shape index (κ3) is 9.03. The van der Waals surface area contributed by atoms with Crippen molar-refractivity contribution in [2.24, 2.45) is 0 Å². The first-order valence-electron chi connectivity index (χ1n) is 16.3. The molecule has 2 amide bonds. The lowest BCUT2D eigenvalue weighted by Gasteiger charge is -2.37. The molecule has 53 heavy (non-hydrogen) atoms. The molecule has 0 radical (unpaired) electrons. The van der Waals surface area contributed by atoms with E-state index in [1.165, 1.54) is 0 Å². The maximum Gasteiger partial charge on any atom is 0.471 e. The lowest BCUT2D eigenvalue weighted by molar-refractivity contribution is -0.173. The van der Waals surface area contributed by atoms with Gasteiger partial charge in [0.05, 0.1) is 32.5 Å². The van der Waals surface area contributed by atoms with Crippen LogP contribution in [0.5, 0.6) is 11.5 Å². The number of aliphatic hydroxyl groups is 1. The highest BCUT2D eigenvalue weighted by molar-refractivity contribution is 5.91. The summed E-state index contributed by atoms with van der Waals surface area (Å²) < 4.78 is 61.8. The molecule has 1 aliphatic heterocycles. The van der Waals surface area contributed by atoms with E-state index in [0.29, 0.717) is 11.5 Å². The van der Waals surface area contributed by atoms with Crippen LogP contribution in [0.3, 0.4) is 0 Å². The van der Waals surface area contributed by atoms with E-state index in [1.54, 1.807) is 19.5 Å². The van der Waals surface area contributed by atoms with Crippen LogP contribution in [0, 0.1) is 0 Å². The zero-order chi connectivity index (χ0) is 38.2. The molecule has 0 spiro atoms. The molecule has 1 fully saturated rings. The largest absolute Gasteiger partial charge is 0.497 e. The number of methoxy groups -OCH3 is 2. The molecule has 2 heterocycles. The predicted octanol–water partition coefficient (Wildman–Crippen LogP) is 3.02. The Labute approximate surface area is 301 Å². The van der Waals surface area contributed by atoms with Crippen molar-refractivity contribution in [1.29, 1.82) is 0 Å². The van der Waals surface area contributed by atoms with Gasteiger partial charge in [0.1, 0.15) is 29.4 Å². The molecule has 4 aromatic rings. The second-order valence-electron chi connectivity index (χ2n) is 11.9. The van der Waals surface area contributed by atoms with Gasteiger partial charge >= 0.3 is 17.8 Å². The topological polar surface area (TPSA) is 170 Å². The van der Waals surface area contributed by atoms with Crippen molar-refractivity contribution < 1.29 is 46.8 Å². The number of nitrogens with zero attached hydrogens (tertiary/aromatic N) is 1. The van der Waals surface area contributed by atoms with Crippen molar-refractivity contribution in [3.05, 3.63) is 134 Å². The van der Waals surface area contributed by atoms with Gasteiger partial charge in [-0.1, -0.05) is 54.6 Å². The smallest absolute Gasteiger partial charge is 0.471 e. The summed E-state index contributed by atoms with van der Waals surface area (Å²) >= 11 is 0. The number of amides is 2. The number of hydrogen-bond acceptors (Lipinski definition) is 9. The average Bonchev–Trinajstić information content (AvgIpc) is 3.53. The molecular weight excluding hydrogens is 701 g/mol. The first-order valence-corrected chi connectivity index (χ1v) is 16.3. The summed E-state index contributed by atoms with van der Waals surface area (Å²) in [6.07, 6.45) is -4.96. The maximum atomic E-state index is 12.9. The fraction of sp³-hybridized carbons (Fsp3) is 0.297. The van der Waals surface area contributed by atoms with Gasteiger partial charge in [-0.3, -0.25) is 23.9 Å². The summed E-state index contributed by atoms with van der Waals surface area (Å²) in [6, 6.07) is 24.3. The van der Waals surface area contributed by atoms with Gasteiger partial charge in [0.2, 0.25) is 5.91 Å². The van der Waals surface area contributed by atoms with Crippen molar-refractivity contribution in [2.45, 2.75) is 36.6 Å². The molecule has 1 aromatic heterocycles. The summed E-state index contributed by atoms with van der Waals surface area (Å²) in [5.74, 6) is -1.64. The van der Waals surface area contributed by atoms with Crippen molar-refractivity contribution in [1.82, 2.24) is 20.2 Å². The van der Waals surface area contributed by atoms with E-state index in [0.717, 1.165) is 39.6 Å². The molecule has 3 atom stereocenters. The molecule has 4 N–H and O–H groups in total. The maximum absolute atomic E-state index is 12.9. The van der Waals surface area contributed by atoms with Crippen molar-refractivity contribution in [2.75, 3.05) is 33.9 Å². The van der Waals surface area contributed by atoms with Crippen molar-refractivity contribution in [3.8, 4) is 11.5 Å². The Balaban J connectivity index is 1.36. The SMILES string of the molecule is COc1ccc(C(OCC2OC(n3cc(/C=C/C(=O)NCCNC(=O)C(F)(F)F)c(=O)[nH]c3=O)CC2O)(c2ccccc2)c2ccc(OC)cc2)cc1. The first kappa shape index (κ1) is 38.5. The number of aliphatic hydroxyl groups excluding tert-OH is 1. The van der Waals surface area contributed by atoms with Gasteiger partial charge in [-0.05, 0) is 47.0 Å². The number of carbonyl (C=O) groups excluding carboxylic acids is 2. The highest BCUT2D eigenvalue weighted by Crippen LogP contribution is 2.42. The number of ether oxygens (including phenoxy) is 4. The summed E-state index contributed by atoms with van der Waals surface area (Å²) in [5.41, 5.74) is -0.696. The van der Waals surface area contributed by atoms with Crippen LogP contribution in [0.15, 0.2) is 101 Å².